The number of aryl methyl sites for hydroxylation is 2. The average molecular weight is 350 g/mol. The normalized spacial score (nSPS) is 19.8. The molecule has 0 unspecified atom stereocenters. The van der Waals surface area contributed by atoms with Gasteiger partial charge in [-0.25, -0.2) is 9.97 Å². The topological polar surface area (TPSA) is 58.1 Å². The third-order valence-corrected chi connectivity index (χ3v) is 5.47. The summed E-state index contributed by atoms with van der Waals surface area (Å²) in [5.41, 5.74) is 3.91. The number of nitrogens with one attached hydrogen (secondary N) is 1. The van der Waals surface area contributed by atoms with Crippen molar-refractivity contribution in [1.29, 1.82) is 0 Å². The lowest BCUT2D eigenvalue weighted by Crippen LogP contribution is -2.38. The number of carbonyl (C=O) groups is 1. The number of hydrogen-bond acceptors (Lipinski definition) is 4. The molecule has 5 heteroatoms. The minimum atomic E-state index is 0.121. The number of amides is 1. The summed E-state index contributed by atoms with van der Waals surface area (Å²) in [6.07, 6.45) is 6.41. The molecular weight excluding hydrogens is 324 g/mol. The van der Waals surface area contributed by atoms with E-state index in [1.165, 1.54) is 11.1 Å². The summed E-state index contributed by atoms with van der Waals surface area (Å²) in [7, 11) is 0. The fraction of sp³-hybridized carbons (Fsp3) is 0.476. The summed E-state index contributed by atoms with van der Waals surface area (Å²) in [5.74, 6) is 1.91. The molecular formula is C21H26N4O. The molecule has 136 valence electrons. The lowest BCUT2D eigenvalue weighted by atomic mass is 10.1. The van der Waals surface area contributed by atoms with Gasteiger partial charge in [-0.1, -0.05) is 37.6 Å². The molecule has 2 heterocycles. The highest BCUT2D eigenvalue weighted by molar-refractivity contribution is 5.80. The van der Waals surface area contributed by atoms with Crippen LogP contribution in [0, 0.1) is 6.92 Å². The van der Waals surface area contributed by atoms with Crippen LogP contribution in [-0.2, 0) is 24.1 Å². The van der Waals surface area contributed by atoms with E-state index in [2.05, 4.69) is 51.4 Å². The fourth-order valence-corrected chi connectivity index (χ4v) is 4.20. The highest BCUT2D eigenvalue weighted by Gasteiger charge is 2.37. The molecule has 1 fully saturated rings. The van der Waals surface area contributed by atoms with E-state index in [1.54, 1.807) is 0 Å². The zero-order valence-corrected chi connectivity index (χ0v) is 15.5. The van der Waals surface area contributed by atoms with Crippen LogP contribution in [0.4, 0.5) is 5.82 Å². The first-order valence-electron chi connectivity index (χ1n) is 9.59. The number of anilines is 1. The second-order valence-corrected chi connectivity index (χ2v) is 7.46. The number of aromatic nitrogens is 2. The Bertz CT molecular complexity index is 794. The molecule has 1 aromatic heterocycles. The molecule has 2 aromatic rings. The number of carbonyl (C=O) groups excluding carboxylic acids is 1. The van der Waals surface area contributed by atoms with Crippen LogP contribution in [0.2, 0.25) is 0 Å². The second-order valence-electron chi connectivity index (χ2n) is 7.46. The van der Waals surface area contributed by atoms with Gasteiger partial charge < -0.3 is 10.2 Å². The van der Waals surface area contributed by atoms with E-state index in [4.69, 9.17) is 0 Å². The van der Waals surface area contributed by atoms with Crippen LogP contribution in [-0.4, -0.2) is 39.4 Å². The molecule has 1 atom stereocenters. The standard InChI is InChI=1S/C21H26N4O/c1-3-6-17-12-22-14(2)23-21(17)24-18-11-20(26)25(13-18)19-9-15-7-4-5-8-16(15)10-19/h4-5,7-8,12,18-19H,3,6,9-11,13H2,1-2H3,(H,22,23,24)/t18-/m0/s1. The van der Waals surface area contributed by atoms with Gasteiger partial charge in [0.05, 0.1) is 6.04 Å². The number of likely N-dealkylation sites (tertiary alicyclic amines) is 1. The van der Waals surface area contributed by atoms with Gasteiger partial charge in [-0.2, -0.15) is 0 Å². The summed E-state index contributed by atoms with van der Waals surface area (Å²) in [5, 5.41) is 3.53. The number of nitrogens with zero attached hydrogens (tertiary/aromatic N) is 3. The Hall–Kier alpha value is -2.43. The summed E-state index contributed by atoms with van der Waals surface area (Å²) in [6, 6.07) is 8.97. The first-order chi connectivity index (χ1) is 12.6. The van der Waals surface area contributed by atoms with E-state index in [0.29, 0.717) is 12.5 Å². The Morgan fingerprint density at radius 1 is 1.19 bits per heavy atom. The molecule has 4 rings (SSSR count). The van der Waals surface area contributed by atoms with Gasteiger partial charge in [-0.3, -0.25) is 4.79 Å². The van der Waals surface area contributed by atoms with E-state index < -0.39 is 0 Å². The van der Waals surface area contributed by atoms with Gasteiger partial charge in [0.1, 0.15) is 11.6 Å². The van der Waals surface area contributed by atoms with Crippen molar-refractivity contribution in [2.75, 3.05) is 11.9 Å². The van der Waals surface area contributed by atoms with Crippen molar-refractivity contribution in [3.63, 3.8) is 0 Å². The van der Waals surface area contributed by atoms with Crippen LogP contribution in [0.15, 0.2) is 30.5 Å². The third-order valence-electron chi connectivity index (χ3n) is 5.47. The summed E-state index contributed by atoms with van der Waals surface area (Å²) in [4.78, 5) is 23.6. The quantitative estimate of drug-likeness (QED) is 0.901. The number of benzene rings is 1. The first-order valence-corrected chi connectivity index (χ1v) is 9.59. The average Bonchev–Trinajstić information content (AvgIpc) is 3.20. The van der Waals surface area contributed by atoms with Crippen LogP contribution in [0.3, 0.4) is 0 Å². The van der Waals surface area contributed by atoms with Crippen molar-refractivity contribution >= 4 is 11.7 Å². The van der Waals surface area contributed by atoms with E-state index in [1.807, 2.05) is 13.1 Å². The molecule has 0 radical (unpaired) electrons. The maximum atomic E-state index is 12.6. The van der Waals surface area contributed by atoms with Crippen LogP contribution >= 0.6 is 0 Å². The molecule has 0 spiro atoms. The predicted molar refractivity (Wildman–Crippen MR) is 102 cm³/mol. The maximum absolute atomic E-state index is 12.6. The van der Waals surface area contributed by atoms with E-state index in [-0.39, 0.29) is 11.9 Å². The van der Waals surface area contributed by atoms with E-state index in [0.717, 1.165) is 49.4 Å². The lowest BCUT2D eigenvalue weighted by Gasteiger charge is -2.24. The minimum Gasteiger partial charge on any atom is -0.365 e. The Kier molecular flexibility index (Phi) is 4.62. The first kappa shape index (κ1) is 17.0. The molecule has 0 saturated carbocycles. The molecule has 1 saturated heterocycles. The zero-order chi connectivity index (χ0) is 18.1. The van der Waals surface area contributed by atoms with Gasteiger partial charge in [-0.15, -0.1) is 0 Å². The van der Waals surface area contributed by atoms with Gasteiger partial charge in [0.25, 0.3) is 0 Å². The van der Waals surface area contributed by atoms with Gasteiger partial charge >= 0.3 is 0 Å². The molecule has 26 heavy (non-hydrogen) atoms. The third kappa shape index (κ3) is 3.30. The summed E-state index contributed by atoms with van der Waals surface area (Å²) >= 11 is 0. The molecule has 5 nitrogen and oxygen atoms in total. The van der Waals surface area contributed by atoms with Gasteiger partial charge in [0, 0.05) is 30.8 Å². The maximum Gasteiger partial charge on any atom is 0.225 e. The number of rotatable bonds is 5. The molecule has 2 aliphatic rings. The van der Waals surface area contributed by atoms with Gasteiger partial charge in [0.15, 0.2) is 0 Å². The summed E-state index contributed by atoms with van der Waals surface area (Å²) in [6.45, 7) is 4.82. The zero-order valence-electron chi connectivity index (χ0n) is 15.5. The van der Waals surface area contributed by atoms with Crippen molar-refractivity contribution in [3.05, 3.63) is 53.0 Å². The molecule has 0 bridgehead atoms. The summed E-state index contributed by atoms with van der Waals surface area (Å²) < 4.78 is 0. The number of fused-ring (bicyclic) bond motifs is 1. The van der Waals surface area contributed by atoms with E-state index in [9.17, 15) is 4.79 Å². The Morgan fingerprint density at radius 3 is 2.62 bits per heavy atom. The molecule has 1 aromatic carbocycles. The largest absolute Gasteiger partial charge is 0.365 e. The van der Waals surface area contributed by atoms with E-state index >= 15 is 0 Å². The molecule has 1 N–H and O–H groups in total. The van der Waals surface area contributed by atoms with Crippen LogP contribution in [0.25, 0.3) is 0 Å². The highest BCUT2D eigenvalue weighted by Crippen LogP contribution is 2.29. The SMILES string of the molecule is CCCc1cnc(C)nc1N[C@H]1CC(=O)N(C2Cc3ccccc3C2)C1. The monoisotopic (exact) mass is 350 g/mol. The Balaban J connectivity index is 1.45. The van der Waals surface area contributed by atoms with Crippen molar-refractivity contribution in [2.45, 2.75) is 58.0 Å². The Labute approximate surface area is 154 Å². The van der Waals surface area contributed by atoms with Gasteiger partial charge in [-0.05, 0) is 37.3 Å². The molecule has 1 aliphatic heterocycles. The highest BCUT2D eigenvalue weighted by atomic mass is 16.2. The van der Waals surface area contributed by atoms with Crippen molar-refractivity contribution in [1.82, 2.24) is 14.9 Å². The van der Waals surface area contributed by atoms with Crippen LogP contribution in [0.1, 0.15) is 42.3 Å². The minimum absolute atomic E-state index is 0.121. The van der Waals surface area contributed by atoms with Crippen LogP contribution < -0.4 is 5.32 Å². The predicted octanol–water partition coefficient (Wildman–Crippen LogP) is 2.92. The van der Waals surface area contributed by atoms with Crippen molar-refractivity contribution in [2.24, 2.45) is 0 Å². The van der Waals surface area contributed by atoms with Crippen molar-refractivity contribution < 1.29 is 4.79 Å². The molecule has 1 amide bonds. The fourth-order valence-electron chi connectivity index (χ4n) is 4.20. The second kappa shape index (κ2) is 7.06. The smallest absolute Gasteiger partial charge is 0.225 e. The van der Waals surface area contributed by atoms with Crippen molar-refractivity contribution in [3.8, 4) is 0 Å². The lowest BCUT2D eigenvalue weighted by molar-refractivity contribution is -0.129. The number of hydrogen-bond donors (Lipinski definition) is 1. The van der Waals surface area contributed by atoms with Crippen LogP contribution in [0.5, 0.6) is 0 Å². The Morgan fingerprint density at radius 2 is 1.92 bits per heavy atom. The van der Waals surface area contributed by atoms with Gasteiger partial charge in [0.2, 0.25) is 5.91 Å². The molecule has 1 aliphatic carbocycles.